The van der Waals surface area contributed by atoms with Crippen LogP contribution in [-0.2, 0) is 0 Å². The number of rotatable bonds is 4. The van der Waals surface area contributed by atoms with Crippen LogP contribution in [0.15, 0.2) is 30.5 Å². The topological polar surface area (TPSA) is 100 Å². The average Bonchev–Trinajstić information content (AvgIpc) is 2.41. The summed E-state index contributed by atoms with van der Waals surface area (Å²) in [4.78, 5) is 15.4. The summed E-state index contributed by atoms with van der Waals surface area (Å²) in [5, 5.41) is 0. The number of pyridine rings is 1. The molecule has 6 nitrogen and oxygen atoms in total. The molecule has 0 bridgehead atoms. The molecular weight excluding hydrogens is 258 g/mol. The number of aryl methyl sites for hydroxylation is 1. The number of hydrogen-bond acceptors (Lipinski definition) is 5. The third-order valence-corrected chi connectivity index (χ3v) is 2.67. The highest BCUT2D eigenvalue weighted by molar-refractivity contribution is 5.93. The monoisotopic (exact) mass is 273 g/mol. The number of nitrogens with zero attached hydrogens (tertiary/aromatic N) is 1. The smallest absolute Gasteiger partial charge is 0.248 e. The van der Waals surface area contributed by atoms with Crippen molar-refractivity contribution in [2.24, 2.45) is 5.73 Å². The number of nitrogens with two attached hydrogens (primary N) is 2. The van der Waals surface area contributed by atoms with Gasteiger partial charge in [-0.3, -0.25) is 4.79 Å². The summed E-state index contributed by atoms with van der Waals surface area (Å²) in [6.45, 7) is 1.83. The quantitative estimate of drug-likeness (QED) is 0.885. The Kier molecular flexibility index (Phi) is 3.74. The molecule has 0 spiro atoms. The number of aromatic nitrogens is 1. The Labute approximate surface area is 116 Å². The van der Waals surface area contributed by atoms with Gasteiger partial charge < -0.3 is 20.9 Å². The van der Waals surface area contributed by atoms with E-state index in [1.54, 1.807) is 18.2 Å². The molecule has 1 amide bonds. The zero-order valence-electron chi connectivity index (χ0n) is 11.2. The number of primary amides is 1. The van der Waals surface area contributed by atoms with E-state index in [1.165, 1.54) is 19.4 Å². The number of benzene rings is 1. The molecule has 104 valence electrons. The number of amides is 1. The maximum Gasteiger partial charge on any atom is 0.248 e. The average molecular weight is 273 g/mol. The Bertz CT molecular complexity index is 656. The first-order valence-corrected chi connectivity index (χ1v) is 5.88. The van der Waals surface area contributed by atoms with Crippen LogP contribution in [0.2, 0.25) is 0 Å². The van der Waals surface area contributed by atoms with Gasteiger partial charge in [-0.2, -0.15) is 0 Å². The molecule has 2 aromatic rings. The summed E-state index contributed by atoms with van der Waals surface area (Å²) >= 11 is 0. The number of anilines is 1. The minimum atomic E-state index is -0.560. The van der Waals surface area contributed by atoms with Gasteiger partial charge in [-0.25, -0.2) is 4.98 Å². The number of methoxy groups -OCH3 is 1. The van der Waals surface area contributed by atoms with Crippen LogP contribution in [0.3, 0.4) is 0 Å². The van der Waals surface area contributed by atoms with Gasteiger partial charge in [0.1, 0.15) is 11.5 Å². The van der Waals surface area contributed by atoms with Crippen LogP contribution in [0, 0.1) is 6.92 Å². The minimum absolute atomic E-state index is 0.299. The Balaban J connectivity index is 2.37. The largest absolute Gasteiger partial charge is 0.497 e. The summed E-state index contributed by atoms with van der Waals surface area (Å²) in [5.74, 6) is 0.738. The molecule has 0 aliphatic rings. The first-order chi connectivity index (χ1) is 9.49. The molecule has 0 saturated carbocycles. The number of hydrogen-bond donors (Lipinski definition) is 2. The van der Waals surface area contributed by atoms with Crippen molar-refractivity contribution < 1.29 is 14.3 Å². The number of ether oxygens (including phenoxy) is 2. The Morgan fingerprint density at radius 1 is 1.20 bits per heavy atom. The van der Waals surface area contributed by atoms with Crippen molar-refractivity contribution in [3.8, 4) is 17.4 Å². The van der Waals surface area contributed by atoms with Crippen LogP contribution in [0.5, 0.6) is 17.4 Å². The van der Waals surface area contributed by atoms with Crippen molar-refractivity contribution in [1.29, 1.82) is 0 Å². The van der Waals surface area contributed by atoms with Gasteiger partial charge in [0.2, 0.25) is 11.8 Å². The van der Waals surface area contributed by atoms with Crippen molar-refractivity contribution in [2.75, 3.05) is 12.8 Å². The zero-order valence-corrected chi connectivity index (χ0v) is 11.2. The first kappa shape index (κ1) is 13.7. The molecule has 0 radical (unpaired) electrons. The summed E-state index contributed by atoms with van der Waals surface area (Å²) in [5.41, 5.74) is 12.5. The summed E-state index contributed by atoms with van der Waals surface area (Å²) in [6, 6.07) is 6.46. The van der Waals surface area contributed by atoms with Crippen molar-refractivity contribution in [2.45, 2.75) is 6.92 Å². The molecular formula is C14H15N3O3. The number of carbonyl (C=O) groups excluding carboxylic acids is 1. The molecule has 0 atom stereocenters. The van der Waals surface area contributed by atoms with Crippen LogP contribution in [0.25, 0.3) is 0 Å². The zero-order chi connectivity index (χ0) is 14.7. The molecule has 0 fully saturated rings. The highest BCUT2D eigenvalue weighted by atomic mass is 16.5. The normalized spacial score (nSPS) is 10.1. The molecule has 20 heavy (non-hydrogen) atoms. The number of nitrogen functional groups attached to an aromatic ring is 1. The lowest BCUT2D eigenvalue weighted by Gasteiger charge is -2.10. The van der Waals surface area contributed by atoms with E-state index < -0.39 is 5.91 Å². The summed E-state index contributed by atoms with van der Waals surface area (Å²) < 4.78 is 10.7. The first-order valence-electron chi connectivity index (χ1n) is 5.88. The lowest BCUT2D eigenvalue weighted by atomic mass is 10.2. The van der Waals surface area contributed by atoms with E-state index in [2.05, 4.69) is 4.98 Å². The van der Waals surface area contributed by atoms with Crippen LogP contribution in [0.1, 0.15) is 15.9 Å². The number of carbonyl (C=O) groups is 1. The minimum Gasteiger partial charge on any atom is -0.497 e. The Morgan fingerprint density at radius 3 is 2.50 bits per heavy atom. The van der Waals surface area contributed by atoms with Crippen molar-refractivity contribution in [3.05, 3.63) is 41.6 Å². The maximum absolute atomic E-state index is 11.3. The van der Waals surface area contributed by atoms with Crippen molar-refractivity contribution in [3.63, 3.8) is 0 Å². The van der Waals surface area contributed by atoms with Gasteiger partial charge >= 0.3 is 0 Å². The lowest BCUT2D eigenvalue weighted by molar-refractivity contribution is 0.0999. The molecule has 1 aromatic heterocycles. The fourth-order valence-electron chi connectivity index (χ4n) is 1.69. The second kappa shape index (κ2) is 5.48. The molecule has 0 saturated heterocycles. The highest BCUT2D eigenvalue weighted by Gasteiger charge is 2.09. The second-order valence-electron chi connectivity index (χ2n) is 4.25. The van der Waals surface area contributed by atoms with Gasteiger partial charge in [0.25, 0.3) is 0 Å². The van der Waals surface area contributed by atoms with E-state index >= 15 is 0 Å². The molecule has 4 N–H and O–H groups in total. The molecule has 2 rings (SSSR count). The van der Waals surface area contributed by atoms with Gasteiger partial charge in [0, 0.05) is 17.2 Å². The van der Waals surface area contributed by atoms with Gasteiger partial charge in [-0.05, 0) is 25.1 Å². The summed E-state index contributed by atoms with van der Waals surface area (Å²) in [7, 11) is 1.50. The maximum atomic E-state index is 11.3. The standard InChI is InChI=1S/C14H15N3O3/c1-8-3-10(15)7-17-14(8)20-12-5-9(13(16)18)4-11(6-12)19-2/h3-7H,15H2,1-2H3,(H2,16,18). The van der Waals surface area contributed by atoms with E-state index in [4.69, 9.17) is 20.9 Å². The van der Waals surface area contributed by atoms with E-state index in [0.717, 1.165) is 5.56 Å². The summed E-state index contributed by atoms with van der Waals surface area (Å²) in [6.07, 6.45) is 1.50. The van der Waals surface area contributed by atoms with Crippen LogP contribution in [-0.4, -0.2) is 18.0 Å². The fraction of sp³-hybridized carbons (Fsp3) is 0.143. The van der Waals surface area contributed by atoms with E-state index in [-0.39, 0.29) is 0 Å². The SMILES string of the molecule is COc1cc(Oc2ncc(N)cc2C)cc(C(N)=O)c1. The van der Waals surface area contributed by atoms with E-state index in [9.17, 15) is 4.79 Å². The van der Waals surface area contributed by atoms with Crippen LogP contribution in [0.4, 0.5) is 5.69 Å². The third kappa shape index (κ3) is 2.97. The van der Waals surface area contributed by atoms with E-state index in [0.29, 0.717) is 28.6 Å². The van der Waals surface area contributed by atoms with Gasteiger partial charge in [0.15, 0.2) is 0 Å². The molecule has 1 aromatic carbocycles. The van der Waals surface area contributed by atoms with Crippen molar-refractivity contribution >= 4 is 11.6 Å². The Hall–Kier alpha value is -2.76. The van der Waals surface area contributed by atoms with Crippen LogP contribution < -0.4 is 20.9 Å². The Morgan fingerprint density at radius 2 is 1.90 bits per heavy atom. The predicted octanol–water partition coefficient (Wildman–Crippen LogP) is 1.87. The van der Waals surface area contributed by atoms with Crippen LogP contribution >= 0.6 is 0 Å². The molecule has 0 unspecified atom stereocenters. The fourth-order valence-corrected chi connectivity index (χ4v) is 1.69. The van der Waals surface area contributed by atoms with Gasteiger partial charge in [-0.15, -0.1) is 0 Å². The van der Waals surface area contributed by atoms with Gasteiger partial charge in [-0.1, -0.05) is 0 Å². The molecule has 1 heterocycles. The molecule has 0 aliphatic heterocycles. The second-order valence-corrected chi connectivity index (χ2v) is 4.25. The predicted molar refractivity (Wildman–Crippen MR) is 75.0 cm³/mol. The van der Waals surface area contributed by atoms with E-state index in [1.807, 2.05) is 6.92 Å². The molecule has 0 aliphatic carbocycles. The van der Waals surface area contributed by atoms with Gasteiger partial charge in [0.05, 0.1) is 19.0 Å². The lowest BCUT2D eigenvalue weighted by Crippen LogP contribution is -2.11. The third-order valence-electron chi connectivity index (χ3n) is 2.67. The van der Waals surface area contributed by atoms with Crippen molar-refractivity contribution in [1.82, 2.24) is 4.98 Å². The highest BCUT2D eigenvalue weighted by Crippen LogP contribution is 2.28. The molecule has 6 heteroatoms.